The average molecular weight is 366 g/mol. The van der Waals surface area contributed by atoms with E-state index in [2.05, 4.69) is 10.3 Å². The number of methoxy groups -OCH3 is 1. The quantitative estimate of drug-likeness (QED) is 0.696. The van der Waals surface area contributed by atoms with Gasteiger partial charge in [0.2, 0.25) is 5.91 Å². The first-order chi connectivity index (χ1) is 12.6. The Morgan fingerprint density at radius 3 is 2.58 bits per heavy atom. The third kappa shape index (κ3) is 4.11. The lowest BCUT2D eigenvalue weighted by Crippen LogP contribution is -2.28. The molecule has 0 radical (unpaired) electrons. The number of rotatable bonds is 6. The van der Waals surface area contributed by atoms with Crippen molar-refractivity contribution in [2.75, 3.05) is 7.11 Å². The highest BCUT2D eigenvalue weighted by atomic mass is 32.1. The Morgan fingerprint density at radius 2 is 1.85 bits per heavy atom. The van der Waals surface area contributed by atoms with E-state index in [0.29, 0.717) is 6.42 Å². The van der Waals surface area contributed by atoms with E-state index in [1.54, 1.807) is 18.4 Å². The molecule has 3 aromatic rings. The van der Waals surface area contributed by atoms with Gasteiger partial charge in [0.25, 0.3) is 0 Å². The van der Waals surface area contributed by atoms with Crippen LogP contribution in [0.3, 0.4) is 0 Å². The molecule has 1 atom stereocenters. The molecule has 0 spiro atoms. The first-order valence-corrected chi connectivity index (χ1v) is 9.34. The zero-order valence-corrected chi connectivity index (χ0v) is 16.0. The largest absolute Gasteiger partial charge is 0.496 e. The number of nitrogens with zero attached hydrogens (tertiary/aromatic N) is 1. The number of ether oxygens (including phenoxy) is 1. The number of carbonyl (C=O) groups excluding carboxylic acids is 1. The van der Waals surface area contributed by atoms with Crippen LogP contribution in [0.1, 0.15) is 29.1 Å². The van der Waals surface area contributed by atoms with E-state index in [9.17, 15) is 4.79 Å². The van der Waals surface area contributed by atoms with Gasteiger partial charge in [-0.2, -0.15) is 0 Å². The number of hydrogen-bond acceptors (Lipinski definition) is 4. The first-order valence-electron chi connectivity index (χ1n) is 8.52. The number of carbonyl (C=O) groups is 1. The van der Waals surface area contributed by atoms with Crippen LogP contribution < -0.4 is 10.1 Å². The molecular formula is C21H22N2O2S. The molecule has 1 heterocycles. The molecule has 3 rings (SSSR count). The summed E-state index contributed by atoms with van der Waals surface area (Å²) in [6, 6.07) is 17.7. The van der Waals surface area contributed by atoms with Crippen molar-refractivity contribution in [1.82, 2.24) is 10.3 Å². The summed E-state index contributed by atoms with van der Waals surface area (Å²) in [5, 5.41) is 3.93. The maximum absolute atomic E-state index is 12.5. The van der Waals surface area contributed by atoms with Crippen LogP contribution in [0.2, 0.25) is 0 Å². The predicted octanol–water partition coefficient (Wildman–Crippen LogP) is 4.55. The maximum atomic E-state index is 12.5. The van der Waals surface area contributed by atoms with Crippen LogP contribution in [-0.4, -0.2) is 18.0 Å². The molecule has 0 saturated carbocycles. The number of para-hydroxylation sites is 1. The molecule has 1 N–H and O–H groups in total. The number of hydrogen-bond donors (Lipinski definition) is 1. The first kappa shape index (κ1) is 18.1. The van der Waals surface area contributed by atoms with Crippen LogP contribution in [0.4, 0.5) is 0 Å². The average Bonchev–Trinajstić information content (AvgIpc) is 3.02. The minimum absolute atomic E-state index is 0.000297. The lowest BCUT2D eigenvalue weighted by Gasteiger charge is -2.13. The molecule has 4 nitrogen and oxygen atoms in total. The number of amides is 1. The third-order valence-electron chi connectivity index (χ3n) is 4.23. The Kier molecular flexibility index (Phi) is 5.68. The smallest absolute Gasteiger partial charge is 0.225 e. The standard InChI is InChI=1S/C21H22N2O2S/c1-14(16-9-5-4-6-10-16)22-20(24)13-19-15(2)23-21(26-19)17-11-7-8-12-18(17)25-3/h4-12,14H,13H2,1-3H3,(H,22,24). The van der Waals surface area contributed by atoms with Crippen molar-refractivity contribution in [3.63, 3.8) is 0 Å². The number of nitrogens with one attached hydrogen (secondary N) is 1. The SMILES string of the molecule is COc1ccccc1-c1nc(C)c(CC(=O)NC(C)c2ccccc2)s1. The van der Waals surface area contributed by atoms with Crippen molar-refractivity contribution in [3.8, 4) is 16.3 Å². The summed E-state index contributed by atoms with van der Waals surface area (Å²) in [5.41, 5.74) is 2.93. The fourth-order valence-corrected chi connectivity index (χ4v) is 3.88. The van der Waals surface area contributed by atoms with E-state index < -0.39 is 0 Å². The number of aryl methyl sites for hydroxylation is 1. The fourth-order valence-electron chi connectivity index (χ4n) is 2.79. The van der Waals surface area contributed by atoms with Gasteiger partial charge >= 0.3 is 0 Å². The minimum Gasteiger partial charge on any atom is -0.496 e. The molecule has 0 fully saturated rings. The van der Waals surface area contributed by atoms with Crippen LogP contribution in [0.5, 0.6) is 5.75 Å². The van der Waals surface area contributed by atoms with Gasteiger partial charge in [-0.15, -0.1) is 11.3 Å². The molecule has 2 aromatic carbocycles. The van der Waals surface area contributed by atoms with Crippen molar-refractivity contribution in [2.45, 2.75) is 26.3 Å². The Balaban J connectivity index is 1.72. The van der Waals surface area contributed by atoms with E-state index >= 15 is 0 Å². The van der Waals surface area contributed by atoms with E-state index in [1.165, 1.54) is 0 Å². The van der Waals surface area contributed by atoms with Gasteiger partial charge in [-0.1, -0.05) is 42.5 Å². The molecule has 5 heteroatoms. The highest BCUT2D eigenvalue weighted by Crippen LogP contribution is 2.34. The highest BCUT2D eigenvalue weighted by Gasteiger charge is 2.16. The second-order valence-corrected chi connectivity index (χ2v) is 7.19. The molecular weight excluding hydrogens is 344 g/mol. The van der Waals surface area contributed by atoms with Gasteiger partial charge in [0.05, 0.1) is 30.8 Å². The summed E-state index contributed by atoms with van der Waals surface area (Å²) < 4.78 is 5.42. The summed E-state index contributed by atoms with van der Waals surface area (Å²) in [4.78, 5) is 18.1. The fraction of sp³-hybridized carbons (Fsp3) is 0.238. The number of thiazole rings is 1. The van der Waals surface area contributed by atoms with Gasteiger partial charge in [0.15, 0.2) is 0 Å². The van der Waals surface area contributed by atoms with E-state index in [-0.39, 0.29) is 11.9 Å². The second-order valence-electron chi connectivity index (χ2n) is 6.10. The van der Waals surface area contributed by atoms with Gasteiger partial charge in [-0.25, -0.2) is 4.98 Å². The maximum Gasteiger partial charge on any atom is 0.225 e. The molecule has 1 amide bonds. The molecule has 134 valence electrons. The molecule has 26 heavy (non-hydrogen) atoms. The van der Waals surface area contributed by atoms with Crippen molar-refractivity contribution in [2.24, 2.45) is 0 Å². The van der Waals surface area contributed by atoms with E-state index in [0.717, 1.165) is 32.5 Å². The minimum atomic E-state index is -0.0226. The van der Waals surface area contributed by atoms with Crippen LogP contribution >= 0.6 is 11.3 Å². The van der Waals surface area contributed by atoms with Crippen molar-refractivity contribution < 1.29 is 9.53 Å². The molecule has 0 aliphatic heterocycles. The Labute approximate surface area is 157 Å². The predicted molar refractivity (Wildman–Crippen MR) is 106 cm³/mol. The molecule has 0 bridgehead atoms. The van der Waals surface area contributed by atoms with Gasteiger partial charge < -0.3 is 10.1 Å². The summed E-state index contributed by atoms with van der Waals surface area (Å²) in [5.74, 6) is 0.787. The Morgan fingerprint density at radius 1 is 1.15 bits per heavy atom. The normalized spacial score (nSPS) is 11.8. The lowest BCUT2D eigenvalue weighted by atomic mass is 10.1. The van der Waals surface area contributed by atoms with Gasteiger partial charge in [0.1, 0.15) is 10.8 Å². The topological polar surface area (TPSA) is 51.2 Å². The van der Waals surface area contributed by atoms with Crippen LogP contribution in [0.15, 0.2) is 54.6 Å². The summed E-state index contributed by atoms with van der Waals surface area (Å²) in [7, 11) is 1.65. The van der Waals surface area contributed by atoms with Crippen molar-refractivity contribution in [1.29, 1.82) is 0 Å². The third-order valence-corrected chi connectivity index (χ3v) is 5.42. The highest BCUT2D eigenvalue weighted by molar-refractivity contribution is 7.15. The molecule has 1 aromatic heterocycles. The van der Waals surface area contributed by atoms with E-state index in [1.807, 2.05) is 68.4 Å². The molecule has 0 saturated heterocycles. The Hall–Kier alpha value is -2.66. The second kappa shape index (κ2) is 8.15. The lowest BCUT2D eigenvalue weighted by molar-refractivity contribution is -0.121. The van der Waals surface area contributed by atoms with Gasteiger partial charge in [-0.05, 0) is 31.5 Å². The van der Waals surface area contributed by atoms with E-state index in [4.69, 9.17) is 4.74 Å². The van der Waals surface area contributed by atoms with Crippen LogP contribution in [0.25, 0.3) is 10.6 Å². The monoisotopic (exact) mass is 366 g/mol. The summed E-state index contributed by atoms with van der Waals surface area (Å²) in [6.45, 7) is 3.94. The molecule has 0 aliphatic carbocycles. The van der Waals surface area contributed by atoms with Crippen LogP contribution in [-0.2, 0) is 11.2 Å². The Bertz CT molecular complexity index is 890. The molecule has 1 unspecified atom stereocenters. The summed E-state index contributed by atoms with van der Waals surface area (Å²) in [6.07, 6.45) is 0.329. The molecule has 0 aliphatic rings. The van der Waals surface area contributed by atoms with Gasteiger partial charge in [0, 0.05) is 4.88 Å². The summed E-state index contributed by atoms with van der Waals surface area (Å²) >= 11 is 1.54. The zero-order valence-electron chi connectivity index (χ0n) is 15.2. The van der Waals surface area contributed by atoms with Crippen molar-refractivity contribution >= 4 is 17.2 Å². The van der Waals surface area contributed by atoms with Crippen LogP contribution in [0, 0.1) is 6.92 Å². The van der Waals surface area contributed by atoms with Crippen molar-refractivity contribution in [3.05, 3.63) is 70.7 Å². The number of aromatic nitrogens is 1. The number of benzene rings is 2. The zero-order chi connectivity index (χ0) is 18.5. The van der Waals surface area contributed by atoms with Gasteiger partial charge in [-0.3, -0.25) is 4.79 Å².